The number of hydrogen-bond donors (Lipinski definition) is 1. The highest BCUT2D eigenvalue weighted by Gasteiger charge is 2.29. The van der Waals surface area contributed by atoms with E-state index in [1.165, 1.54) is 0 Å². The van der Waals surface area contributed by atoms with E-state index in [4.69, 9.17) is 25.8 Å². The molecule has 0 aliphatic carbocycles. The van der Waals surface area contributed by atoms with Gasteiger partial charge in [-0.3, -0.25) is 0 Å². The summed E-state index contributed by atoms with van der Waals surface area (Å²) < 4.78 is 17.2. The van der Waals surface area contributed by atoms with Gasteiger partial charge in [0.05, 0.1) is 18.0 Å². The first kappa shape index (κ1) is 21.0. The van der Waals surface area contributed by atoms with E-state index in [1.807, 2.05) is 51.1 Å². The Bertz CT molecular complexity index is 540. The van der Waals surface area contributed by atoms with Crippen LogP contribution in [-0.4, -0.2) is 42.6 Å². The number of hydrogen-bond acceptors (Lipinski definition) is 4. The van der Waals surface area contributed by atoms with Crippen molar-refractivity contribution in [1.82, 2.24) is 5.32 Å². The van der Waals surface area contributed by atoms with Gasteiger partial charge in [-0.25, -0.2) is 4.79 Å². The van der Waals surface area contributed by atoms with Crippen molar-refractivity contribution in [2.24, 2.45) is 0 Å². The maximum absolute atomic E-state index is 12.3. The Kier molecular flexibility index (Phi) is 8.19. The zero-order valence-electron chi connectivity index (χ0n) is 15.9. The Labute approximate surface area is 161 Å². The van der Waals surface area contributed by atoms with E-state index < -0.39 is 11.7 Å². The molecular weight excluding hydrogens is 354 g/mol. The summed E-state index contributed by atoms with van der Waals surface area (Å²) in [4.78, 5) is 12.3. The Hall–Kier alpha value is -1.30. The van der Waals surface area contributed by atoms with Crippen LogP contribution in [-0.2, 0) is 20.6 Å². The van der Waals surface area contributed by atoms with Gasteiger partial charge >= 0.3 is 6.09 Å². The molecule has 2 rings (SSSR count). The van der Waals surface area contributed by atoms with Gasteiger partial charge in [0.2, 0.25) is 0 Å². The minimum absolute atomic E-state index is 0.257. The lowest BCUT2D eigenvalue weighted by Gasteiger charge is -2.32. The number of alkyl halides is 1. The van der Waals surface area contributed by atoms with Crippen LogP contribution < -0.4 is 5.32 Å². The lowest BCUT2D eigenvalue weighted by Crippen LogP contribution is -2.49. The molecule has 1 unspecified atom stereocenters. The molecule has 1 aliphatic heterocycles. The van der Waals surface area contributed by atoms with Crippen molar-refractivity contribution in [1.29, 1.82) is 0 Å². The van der Waals surface area contributed by atoms with E-state index in [1.54, 1.807) is 0 Å². The van der Waals surface area contributed by atoms with Crippen LogP contribution in [0.5, 0.6) is 0 Å². The molecule has 26 heavy (non-hydrogen) atoms. The van der Waals surface area contributed by atoms with Crippen LogP contribution >= 0.6 is 11.6 Å². The third-order valence-electron chi connectivity index (χ3n) is 4.07. The summed E-state index contributed by atoms with van der Waals surface area (Å²) in [5, 5.41) is 2.94. The van der Waals surface area contributed by atoms with Gasteiger partial charge in [0.15, 0.2) is 6.29 Å². The molecule has 5 nitrogen and oxygen atoms in total. The summed E-state index contributed by atoms with van der Waals surface area (Å²) in [7, 11) is 0. The summed E-state index contributed by atoms with van der Waals surface area (Å²) in [6.45, 7) is 6.21. The molecule has 1 amide bonds. The number of rotatable bonds is 7. The van der Waals surface area contributed by atoms with Crippen molar-refractivity contribution in [2.45, 2.75) is 70.5 Å². The molecule has 1 heterocycles. The summed E-state index contributed by atoms with van der Waals surface area (Å²) >= 11 is 6.19. The molecular formula is C20H30ClNO4. The molecule has 0 saturated carbocycles. The van der Waals surface area contributed by atoms with Crippen molar-refractivity contribution in [2.75, 3.05) is 12.5 Å². The molecule has 1 aromatic rings. The fourth-order valence-corrected chi connectivity index (χ4v) is 3.14. The van der Waals surface area contributed by atoms with Crippen LogP contribution in [0.15, 0.2) is 30.3 Å². The molecule has 6 heteroatoms. The van der Waals surface area contributed by atoms with Gasteiger partial charge in [0.25, 0.3) is 0 Å². The Morgan fingerprint density at radius 2 is 2.04 bits per heavy atom. The molecule has 0 bridgehead atoms. The van der Waals surface area contributed by atoms with Crippen molar-refractivity contribution in [3.05, 3.63) is 35.9 Å². The normalized spacial score (nSPS) is 20.2. The lowest BCUT2D eigenvalue weighted by molar-refractivity contribution is -0.188. The summed E-state index contributed by atoms with van der Waals surface area (Å²) in [6.07, 6.45) is 2.46. The fourth-order valence-electron chi connectivity index (χ4n) is 2.85. The molecule has 1 saturated heterocycles. The standard InChI is InChI=1S/C20H30ClNO4/c1-20(2,3)26-19(23)22-16(13-15-9-5-4-6-10-15)17(14-21)25-18-11-7-8-12-24-18/h4-6,9-10,16-18H,7-8,11-14H2,1-3H3,(H,22,23)/t16-,17+,18?/m0/s1. The van der Waals surface area contributed by atoms with Gasteiger partial charge in [-0.1, -0.05) is 30.3 Å². The number of alkyl carbamates (subject to hydrolysis) is 1. The van der Waals surface area contributed by atoms with Crippen molar-refractivity contribution >= 4 is 17.7 Å². The highest BCUT2D eigenvalue weighted by atomic mass is 35.5. The highest BCUT2D eigenvalue weighted by Crippen LogP contribution is 2.19. The van der Waals surface area contributed by atoms with E-state index >= 15 is 0 Å². The second-order valence-electron chi connectivity index (χ2n) is 7.57. The summed E-state index contributed by atoms with van der Waals surface area (Å²) in [6, 6.07) is 9.64. The smallest absolute Gasteiger partial charge is 0.407 e. The first-order valence-electron chi connectivity index (χ1n) is 9.24. The predicted octanol–water partition coefficient (Wildman–Crippen LogP) is 4.27. The average Bonchev–Trinajstić information content (AvgIpc) is 2.59. The van der Waals surface area contributed by atoms with Crippen molar-refractivity contribution in [3.63, 3.8) is 0 Å². The third-order valence-corrected chi connectivity index (χ3v) is 4.37. The topological polar surface area (TPSA) is 56.8 Å². The molecule has 1 N–H and O–H groups in total. The van der Waals surface area contributed by atoms with Gasteiger partial charge in [-0.2, -0.15) is 0 Å². The number of nitrogens with one attached hydrogen (secondary N) is 1. The highest BCUT2D eigenvalue weighted by molar-refractivity contribution is 6.18. The SMILES string of the molecule is CC(C)(C)OC(=O)N[C@@H](Cc1ccccc1)[C@@H](CCl)OC1CCCCO1. The molecule has 1 aromatic carbocycles. The number of carbonyl (C=O) groups is 1. The summed E-state index contributed by atoms with van der Waals surface area (Å²) in [5.74, 6) is 0.257. The van der Waals surface area contributed by atoms with Gasteiger partial charge in [0, 0.05) is 6.61 Å². The predicted molar refractivity (Wildman–Crippen MR) is 102 cm³/mol. The van der Waals surface area contributed by atoms with Gasteiger partial charge in [-0.15, -0.1) is 11.6 Å². The van der Waals surface area contributed by atoms with Crippen LogP contribution in [0, 0.1) is 0 Å². The van der Waals surface area contributed by atoms with E-state index in [-0.39, 0.29) is 24.3 Å². The largest absolute Gasteiger partial charge is 0.444 e. The quantitative estimate of drug-likeness (QED) is 0.714. The van der Waals surface area contributed by atoms with Crippen molar-refractivity contribution in [3.8, 4) is 0 Å². The molecule has 1 fully saturated rings. The number of ether oxygens (including phenoxy) is 3. The second kappa shape index (κ2) is 10.1. The van der Waals surface area contributed by atoms with Crippen LogP contribution in [0.4, 0.5) is 4.79 Å². The molecule has 146 valence electrons. The first-order chi connectivity index (χ1) is 12.4. The number of carbonyl (C=O) groups excluding carboxylic acids is 1. The average molecular weight is 384 g/mol. The monoisotopic (exact) mass is 383 g/mol. The molecule has 0 aromatic heterocycles. The third kappa shape index (κ3) is 7.52. The maximum atomic E-state index is 12.3. The number of amides is 1. The van der Waals surface area contributed by atoms with Gasteiger partial charge in [-0.05, 0) is 52.0 Å². The van der Waals surface area contributed by atoms with Gasteiger partial charge in [0.1, 0.15) is 5.60 Å². The lowest BCUT2D eigenvalue weighted by atomic mass is 10.0. The Balaban J connectivity index is 2.07. The number of benzene rings is 1. The van der Waals surface area contributed by atoms with E-state index in [2.05, 4.69) is 5.32 Å². The number of halogens is 1. The minimum Gasteiger partial charge on any atom is -0.444 e. The molecule has 0 spiro atoms. The Morgan fingerprint density at radius 1 is 1.31 bits per heavy atom. The van der Waals surface area contributed by atoms with E-state index in [9.17, 15) is 4.79 Å². The van der Waals surface area contributed by atoms with Crippen LogP contribution in [0.3, 0.4) is 0 Å². The van der Waals surface area contributed by atoms with Crippen molar-refractivity contribution < 1.29 is 19.0 Å². The maximum Gasteiger partial charge on any atom is 0.407 e. The van der Waals surface area contributed by atoms with Crippen LogP contribution in [0.1, 0.15) is 45.6 Å². The second-order valence-corrected chi connectivity index (χ2v) is 7.88. The first-order valence-corrected chi connectivity index (χ1v) is 9.77. The minimum atomic E-state index is -0.564. The molecule has 0 radical (unpaired) electrons. The zero-order chi connectivity index (χ0) is 19.0. The molecule has 3 atom stereocenters. The summed E-state index contributed by atoms with van der Waals surface area (Å²) in [5.41, 5.74) is 0.530. The van der Waals surface area contributed by atoms with Crippen LogP contribution in [0.25, 0.3) is 0 Å². The van der Waals surface area contributed by atoms with E-state index in [0.717, 1.165) is 24.8 Å². The zero-order valence-corrected chi connectivity index (χ0v) is 16.6. The van der Waals surface area contributed by atoms with E-state index in [0.29, 0.717) is 13.0 Å². The fraction of sp³-hybridized carbons (Fsp3) is 0.650. The van der Waals surface area contributed by atoms with Gasteiger partial charge < -0.3 is 19.5 Å². The molecule has 1 aliphatic rings. The van der Waals surface area contributed by atoms with Crippen LogP contribution in [0.2, 0.25) is 0 Å². The Morgan fingerprint density at radius 3 is 2.62 bits per heavy atom.